The minimum absolute atomic E-state index is 0.0783. The number of methoxy groups -OCH3 is 1. The van der Waals surface area contributed by atoms with Crippen molar-refractivity contribution in [3.63, 3.8) is 0 Å². The number of nitrogens with one attached hydrogen (secondary N) is 2. The second kappa shape index (κ2) is 12.5. The van der Waals surface area contributed by atoms with Crippen molar-refractivity contribution < 1.29 is 14.3 Å². The van der Waals surface area contributed by atoms with Gasteiger partial charge in [-0.25, -0.2) is 0 Å². The van der Waals surface area contributed by atoms with E-state index in [4.69, 9.17) is 4.74 Å². The Labute approximate surface area is 216 Å². The second-order valence-electron chi connectivity index (χ2n) is 9.29. The SMILES string of the molecule is CC[C@@H]1CCCCN1CCCNC(=O)CNC(=O)c1nn(-c2ccc(OC)cc2)c(=O)c2ccccc12. The number of carbonyl (C=O) groups is 2. The molecular formula is C28H35N5O4. The summed E-state index contributed by atoms with van der Waals surface area (Å²) in [6.45, 7) is 4.72. The number of amides is 2. The van der Waals surface area contributed by atoms with Crippen LogP contribution in [0.5, 0.6) is 5.75 Å². The van der Waals surface area contributed by atoms with Crippen molar-refractivity contribution in [1.29, 1.82) is 0 Å². The van der Waals surface area contributed by atoms with Gasteiger partial charge in [0.15, 0.2) is 5.69 Å². The summed E-state index contributed by atoms with van der Waals surface area (Å²) < 4.78 is 6.38. The highest BCUT2D eigenvalue weighted by atomic mass is 16.5. The van der Waals surface area contributed by atoms with Gasteiger partial charge < -0.3 is 20.3 Å². The molecule has 2 amide bonds. The smallest absolute Gasteiger partial charge is 0.279 e. The molecule has 0 saturated carbocycles. The van der Waals surface area contributed by atoms with E-state index >= 15 is 0 Å². The summed E-state index contributed by atoms with van der Waals surface area (Å²) in [4.78, 5) is 41.1. The fraction of sp³-hybridized carbons (Fsp3) is 0.429. The van der Waals surface area contributed by atoms with Crippen molar-refractivity contribution in [2.45, 2.75) is 45.1 Å². The van der Waals surface area contributed by atoms with E-state index in [0.29, 0.717) is 34.8 Å². The molecule has 1 atom stereocenters. The summed E-state index contributed by atoms with van der Waals surface area (Å²) in [6, 6.07) is 14.3. The van der Waals surface area contributed by atoms with Gasteiger partial charge in [-0.05, 0) is 62.6 Å². The van der Waals surface area contributed by atoms with Crippen molar-refractivity contribution in [1.82, 2.24) is 25.3 Å². The summed E-state index contributed by atoms with van der Waals surface area (Å²) in [5.74, 6) is -0.137. The Bertz CT molecular complexity index is 1290. The van der Waals surface area contributed by atoms with Crippen LogP contribution < -0.4 is 20.9 Å². The molecule has 4 rings (SSSR count). The van der Waals surface area contributed by atoms with E-state index in [-0.39, 0.29) is 23.7 Å². The van der Waals surface area contributed by atoms with Gasteiger partial charge in [0.05, 0.1) is 24.7 Å². The van der Waals surface area contributed by atoms with Crippen LogP contribution in [0, 0.1) is 0 Å². The van der Waals surface area contributed by atoms with Crippen LogP contribution in [-0.4, -0.2) is 65.8 Å². The van der Waals surface area contributed by atoms with Gasteiger partial charge in [-0.3, -0.25) is 14.4 Å². The number of aromatic nitrogens is 2. The van der Waals surface area contributed by atoms with Gasteiger partial charge in [-0.1, -0.05) is 31.5 Å². The molecule has 0 aliphatic carbocycles. The van der Waals surface area contributed by atoms with E-state index in [2.05, 4.69) is 27.6 Å². The maximum Gasteiger partial charge on any atom is 0.279 e. The Balaban J connectivity index is 1.39. The van der Waals surface area contributed by atoms with Crippen LogP contribution in [0.3, 0.4) is 0 Å². The largest absolute Gasteiger partial charge is 0.497 e. The number of ether oxygens (including phenoxy) is 1. The lowest BCUT2D eigenvalue weighted by Gasteiger charge is -2.35. The third-order valence-corrected chi connectivity index (χ3v) is 6.91. The highest BCUT2D eigenvalue weighted by Gasteiger charge is 2.20. The highest BCUT2D eigenvalue weighted by molar-refractivity contribution is 6.05. The predicted octanol–water partition coefficient (Wildman–Crippen LogP) is 2.89. The number of hydrogen-bond acceptors (Lipinski definition) is 6. The van der Waals surface area contributed by atoms with Crippen LogP contribution in [0.25, 0.3) is 16.5 Å². The van der Waals surface area contributed by atoms with Crippen molar-refractivity contribution in [3.05, 3.63) is 64.6 Å². The van der Waals surface area contributed by atoms with Crippen molar-refractivity contribution in [2.75, 3.05) is 33.3 Å². The monoisotopic (exact) mass is 505 g/mol. The van der Waals surface area contributed by atoms with Crippen LogP contribution in [-0.2, 0) is 4.79 Å². The number of piperidine rings is 1. The molecule has 1 aromatic heterocycles. The molecule has 1 saturated heterocycles. The number of likely N-dealkylation sites (tertiary alicyclic amines) is 1. The Morgan fingerprint density at radius 1 is 1.05 bits per heavy atom. The van der Waals surface area contributed by atoms with Gasteiger partial charge in [0.2, 0.25) is 5.91 Å². The maximum atomic E-state index is 13.1. The molecule has 0 radical (unpaired) electrons. The molecular weight excluding hydrogens is 470 g/mol. The quantitative estimate of drug-likeness (QED) is 0.411. The summed E-state index contributed by atoms with van der Waals surface area (Å²) >= 11 is 0. The van der Waals surface area contributed by atoms with Crippen molar-refractivity contribution >= 4 is 22.6 Å². The van der Waals surface area contributed by atoms with Crippen LogP contribution in [0.15, 0.2) is 53.3 Å². The van der Waals surface area contributed by atoms with Crippen LogP contribution in [0.4, 0.5) is 0 Å². The second-order valence-corrected chi connectivity index (χ2v) is 9.29. The van der Waals surface area contributed by atoms with Gasteiger partial charge in [-0.2, -0.15) is 9.78 Å². The Morgan fingerprint density at radius 3 is 2.54 bits per heavy atom. The first-order valence-electron chi connectivity index (χ1n) is 13.0. The molecule has 0 bridgehead atoms. The zero-order valence-electron chi connectivity index (χ0n) is 21.5. The molecule has 9 nitrogen and oxygen atoms in total. The molecule has 37 heavy (non-hydrogen) atoms. The Hall–Kier alpha value is -3.72. The molecule has 0 spiro atoms. The highest BCUT2D eigenvalue weighted by Crippen LogP contribution is 2.19. The standard InChI is InChI=1S/C28H35N5O4/c1-3-20-9-6-7-17-32(20)18-8-16-29-25(34)19-30-27(35)26-23-10-4-5-11-24(23)28(36)33(31-26)21-12-14-22(37-2)15-13-21/h4-5,10-15,20H,3,6-9,16-19H2,1-2H3,(H,29,34)(H,30,35)/t20-/m1/s1. The first kappa shape index (κ1) is 26.3. The maximum absolute atomic E-state index is 13.1. The summed E-state index contributed by atoms with van der Waals surface area (Å²) in [6.07, 6.45) is 5.82. The van der Waals surface area contributed by atoms with Crippen LogP contribution in [0.2, 0.25) is 0 Å². The number of carbonyl (C=O) groups excluding carboxylic acids is 2. The van der Waals surface area contributed by atoms with Crippen molar-refractivity contribution in [3.8, 4) is 11.4 Å². The van der Waals surface area contributed by atoms with E-state index in [1.165, 1.54) is 23.9 Å². The molecule has 2 aromatic carbocycles. The number of nitrogens with zero attached hydrogens (tertiary/aromatic N) is 3. The molecule has 2 heterocycles. The van der Waals surface area contributed by atoms with E-state index in [1.807, 2.05) is 0 Å². The predicted molar refractivity (Wildman–Crippen MR) is 143 cm³/mol. The van der Waals surface area contributed by atoms with Gasteiger partial charge >= 0.3 is 0 Å². The van der Waals surface area contributed by atoms with Crippen molar-refractivity contribution in [2.24, 2.45) is 0 Å². The number of benzene rings is 2. The Kier molecular flexibility index (Phi) is 8.90. The van der Waals surface area contributed by atoms with Gasteiger partial charge in [0.1, 0.15) is 5.75 Å². The summed E-state index contributed by atoms with van der Waals surface area (Å²) in [7, 11) is 1.56. The minimum atomic E-state index is -0.521. The fourth-order valence-corrected chi connectivity index (χ4v) is 4.89. The number of rotatable bonds is 10. The van der Waals surface area contributed by atoms with Gasteiger partial charge in [-0.15, -0.1) is 0 Å². The average molecular weight is 506 g/mol. The van der Waals surface area contributed by atoms with Gasteiger partial charge in [0, 0.05) is 24.5 Å². The van der Waals surface area contributed by atoms with Crippen LogP contribution in [0.1, 0.15) is 49.5 Å². The topological polar surface area (TPSA) is 106 Å². The lowest BCUT2D eigenvalue weighted by molar-refractivity contribution is -0.120. The first-order chi connectivity index (χ1) is 18.0. The Morgan fingerprint density at radius 2 is 1.81 bits per heavy atom. The molecule has 2 N–H and O–H groups in total. The molecule has 0 unspecified atom stereocenters. The molecule has 196 valence electrons. The number of hydrogen-bond donors (Lipinski definition) is 2. The molecule has 3 aromatic rings. The minimum Gasteiger partial charge on any atom is -0.497 e. The molecule has 9 heteroatoms. The first-order valence-corrected chi connectivity index (χ1v) is 13.0. The molecule has 1 aliphatic heterocycles. The van der Waals surface area contributed by atoms with Crippen LogP contribution >= 0.6 is 0 Å². The number of fused-ring (bicyclic) bond motifs is 1. The third kappa shape index (κ3) is 6.35. The lowest BCUT2D eigenvalue weighted by atomic mass is 10.00. The summed E-state index contributed by atoms with van der Waals surface area (Å²) in [5, 5.41) is 10.7. The fourth-order valence-electron chi connectivity index (χ4n) is 4.89. The van der Waals surface area contributed by atoms with E-state index < -0.39 is 5.91 Å². The average Bonchev–Trinajstić information content (AvgIpc) is 2.94. The van der Waals surface area contributed by atoms with Gasteiger partial charge in [0.25, 0.3) is 11.5 Å². The summed E-state index contributed by atoms with van der Waals surface area (Å²) in [5.41, 5.74) is 0.242. The van der Waals surface area contributed by atoms with E-state index in [0.717, 1.165) is 25.9 Å². The lowest BCUT2D eigenvalue weighted by Crippen LogP contribution is -2.41. The zero-order valence-corrected chi connectivity index (χ0v) is 21.5. The zero-order chi connectivity index (χ0) is 26.2. The van der Waals surface area contributed by atoms with E-state index in [1.54, 1.807) is 55.6 Å². The third-order valence-electron chi connectivity index (χ3n) is 6.91. The molecule has 1 fully saturated rings. The van der Waals surface area contributed by atoms with E-state index in [9.17, 15) is 14.4 Å². The normalized spacial score (nSPS) is 15.9. The molecule has 1 aliphatic rings.